The molecule has 0 radical (unpaired) electrons. The Kier molecular flexibility index (Phi) is 5.59. The first kappa shape index (κ1) is 15.0. The SMILES string of the molecule is CCO[C@@H]1C[C@@H]1C(=O)N[C@H](C(=O)OC)[C@H](C)CC. The van der Waals surface area contributed by atoms with Crippen LogP contribution in [0.3, 0.4) is 0 Å². The van der Waals surface area contributed by atoms with Crippen LogP contribution >= 0.6 is 0 Å². The van der Waals surface area contributed by atoms with Crippen molar-refractivity contribution in [2.24, 2.45) is 11.8 Å². The highest BCUT2D eigenvalue weighted by atomic mass is 16.5. The number of nitrogens with one attached hydrogen (secondary N) is 1. The zero-order valence-corrected chi connectivity index (χ0v) is 11.6. The van der Waals surface area contributed by atoms with Crippen LogP contribution < -0.4 is 5.32 Å². The normalized spacial score (nSPS) is 25.1. The molecule has 1 amide bonds. The van der Waals surface area contributed by atoms with Gasteiger partial charge in [0.2, 0.25) is 5.91 Å². The lowest BCUT2D eigenvalue weighted by Crippen LogP contribution is -2.46. The van der Waals surface area contributed by atoms with Crippen molar-refractivity contribution in [3.8, 4) is 0 Å². The zero-order valence-electron chi connectivity index (χ0n) is 11.6. The minimum Gasteiger partial charge on any atom is -0.467 e. The molecule has 1 N–H and O–H groups in total. The molecule has 1 fully saturated rings. The number of hydrogen-bond donors (Lipinski definition) is 1. The molecule has 0 aromatic heterocycles. The van der Waals surface area contributed by atoms with Gasteiger partial charge in [-0.25, -0.2) is 4.79 Å². The molecule has 0 unspecified atom stereocenters. The molecule has 0 saturated heterocycles. The van der Waals surface area contributed by atoms with E-state index in [0.717, 1.165) is 12.8 Å². The largest absolute Gasteiger partial charge is 0.467 e. The van der Waals surface area contributed by atoms with E-state index in [-0.39, 0.29) is 29.8 Å². The molecule has 0 bridgehead atoms. The van der Waals surface area contributed by atoms with Gasteiger partial charge >= 0.3 is 5.97 Å². The molecular weight excluding hydrogens is 234 g/mol. The molecule has 0 aromatic rings. The molecular formula is C13H23NO4. The summed E-state index contributed by atoms with van der Waals surface area (Å²) in [6.45, 7) is 6.42. The third-order valence-electron chi connectivity index (χ3n) is 3.42. The van der Waals surface area contributed by atoms with Crippen LogP contribution in [0.2, 0.25) is 0 Å². The molecule has 1 aliphatic rings. The molecule has 0 heterocycles. The molecule has 104 valence electrons. The monoisotopic (exact) mass is 257 g/mol. The zero-order chi connectivity index (χ0) is 13.7. The van der Waals surface area contributed by atoms with E-state index in [1.54, 1.807) is 0 Å². The van der Waals surface area contributed by atoms with Gasteiger partial charge in [-0.1, -0.05) is 20.3 Å². The molecule has 0 aliphatic heterocycles. The standard InChI is InChI=1S/C13H23NO4/c1-5-8(3)11(13(16)17-4)14-12(15)9-7-10(9)18-6-2/h8-11H,5-7H2,1-4H3,(H,14,15)/t8-,9+,10-,11+/m1/s1. The first-order valence-electron chi connectivity index (χ1n) is 6.54. The predicted octanol–water partition coefficient (Wildman–Crippen LogP) is 1.12. The summed E-state index contributed by atoms with van der Waals surface area (Å²) in [6, 6.07) is -0.560. The van der Waals surface area contributed by atoms with E-state index in [1.807, 2.05) is 20.8 Å². The highest BCUT2D eigenvalue weighted by molar-refractivity contribution is 5.87. The second-order valence-electron chi connectivity index (χ2n) is 4.73. The van der Waals surface area contributed by atoms with Crippen molar-refractivity contribution in [3.05, 3.63) is 0 Å². The second-order valence-corrected chi connectivity index (χ2v) is 4.73. The Balaban J connectivity index is 2.51. The summed E-state index contributed by atoms with van der Waals surface area (Å²) in [6.07, 6.45) is 1.57. The van der Waals surface area contributed by atoms with Crippen LogP contribution in [0.5, 0.6) is 0 Å². The molecule has 5 nitrogen and oxygen atoms in total. The van der Waals surface area contributed by atoms with Crippen molar-refractivity contribution >= 4 is 11.9 Å². The topological polar surface area (TPSA) is 64.6 Å². The third-order valence-corrected chi connectivity index (χ3v) is 3.42. The maximum atomic E-state index is 11.9. The third kappa shape index (κ3) is 3.70. The van der Waals surface area contributed by atoms with Crippen LogP contribution in [0.15, 0.2) is 0 Å². The van der Waals surface area contributed by atoms with Gasteiger partial charge in [0.1, 0.15) is 6.04 Å². The number of rotatable bonds is 7. The number of ether oxygens (including phenoxy) is 2. The minimum absolute atomic E-state index is 0.0187. The maximum absolute atomic E-state index is 11.9. The van der Waals surface area contributed by atoms with Gasteiger partial charge in [-0.3, -0.25) is 4.79 Å². The van der Waals surface area contributed by atoms with Crippen molar-refractivity contribution in [2.75, 3.05) is 13.7 Å². The van der Waals surface area contributed by atoms with Gasteiger partial charge in [0.05, 0.1) is 19.1 Å². The summed E-state index contributed by atoms with van der Waals surface area (Å²) < 4.78 is 10.1. The lowest BCUT2D eigenvalue weighted by atomic mass is 9.99. The van der Waals surface area contributed by atoms with Gasteiger partial charge in [-0.05, 0) is 19.3 Å². The summed E-state index contributed by atoms with van der Waals surface area (Å²) in [4.78, 5) is 23.6. The van der Waals surface area contributed by atoms with E-state index in [0.29, 0.717) is 6.61 Å². The Morgan fingerprint density at radius 1 is 1.39 bits per heavy atom. The van der Waals surface area contributed by atoms with Crippen molar-refractivity contribution in [1.82, 2.24) is 5.32 Å². The quantitative estimate of drug-likeness (QED) is 0.694. The number of esters is 1. The van der Waals surface area contributed by atoms with Gasteiger partial charge in [0.15, 0.2) is 0 Å². The van der Waals surface area contributed by atoms with Crippen molar-refractivity contribution in [3.63, 3.8) is 0 Å². The first-order chi connectivity index (χ1) is 8.54. The summed E-state index contributed by atoms with van der Waals surface area (Å²) >= 11 is 0. The summed E-state index contributed by atoms with van der Waals surface area (Å²) in [7, 11) is 1.34. The summed E-state index contributed by atoms with van der Waals surface area (Å²) in [5.41, 5.74) is 0. The summed E-state index contributed by atoms with van der Waals surface area (Å²) in [5, 5.41) is 2.78. The first-order valence-corrected chi connectivity index (χ1v) is 6.54. The lowest BCUT2D eigenvalue weighted by molar-refractivity contribution is -0.146. The van der Waals surface area contributed by atoms with Gasteiger partial charge in [-0.15, -0.1) is 0 Å². The molecule has 5 heteroatoms. The molecule has 18 heavy (non-hydrogen) atoms. The van der Waals surface area contributed by atoms with E-state index in [9.17, 15) is 9.59 Å². The predicted molar refractivity (Wildman–Crippen MR) is 66.9 cm³/mol. The van der Waals surface area contributed by atoms with Gasteiger partial charge in [-0.2, -0.15) is 0 Å². The molecule has 1 rings (SSSR count). The Morgan fingerprint density at radius 3 is 2.56 bits per heavy atom. The maximum Gasteiger partial charge on any atom is 0.328 e. The van der Waals surface area contributed by atoms with Gasteiger partial charge < -0.3 is 14.8 Å². The fourth-order valence-corrected chi connectivity index (χ4v) is 1.90. The van der Waals surface area contributed by atoms with Crippen molar-refractivity contribution < 1.29 is 19.1 Å². The van der Waals surface area contributed by atoms with E-state index in [4.69, 9.17) is 9.47 Å². The van der Waals surface area contributed by atoms with Crippen LogP contribution in [0.25, 0.3) is 0 Å². The fraction of sp³-hybridized carbons (Fsp3) is 0.846. The number of carbonyl (C=O) groups excluding carboxylic acids is 2. The van der Waals surface area contributed by atoms with Gasteiger partial charge in [0.25, 0.3) is 0 Å². The Morgan fingerprint density at radius 2 is 2.06 bits per heavy atom. The smallest absolute Gasteiger partial charge is 0.328 e. The number of carbonyl (C=O) groups is 2. The van der Waals surface area contributed by atoms with E-state index >= 15 is 0 Å². The number of hydrogen-bond acceptors (Lipinski definition) is 4. The minimum atomic E-state index is -0.560. The average molecular weight is 257 g/mol. The highest BCUT2D eigenvalue weighted by Crippen LogP contribution is 2.34. The Labute approximate surface area is 108 Å². The highest BCUT2D eigenvalue weighted by Gasteiger charge is 2.45. The number of amides is 1. The number of methoxy groups -OCH3 is 1. The van der Waals surface area contributed by atoms with Crippen LogP contribution in [0, 0.1) is 11.8 Å². The molecule has 0 aromatic carbocycles. The molecule has 0 spiro atoms. The van der Waals surface area contributed by atoms with E-state index in [1.165, 1.54) is 7.11 Å². The second kappa shape index (κ2) is 6.73. The van der Waals surface area contributed by atoms with Crippen LogP contribution in [0.1, 0.15) is 33.6 Å². The molecule has 1 saturated carbocycles. The van der Waals surface area contributed by atoms with Crippen molar-refractivity contribution in [2.45, 2.75) is 45.8 Å². The van der Waals surface area contributed by atoms with Gasteiger partial charge in [0, 0.05) is 6.61 Å². The Bertz CT molecular complexity index is 305. The molecule has 1 aliphatic carbocycles. The average Bonchev–Trinajstić information content (AvgIpc) is 3.13. The van der Waals surface area contributed by atoms with Crippen LogP contribution in [0.4, 0.5) is 0 Å². The van der Waals surface area contributed by atoms with Crippen molar-refractivity contribution in [1.29, 1.82) is 0 Å². The Hall–Kier alpha value is -1.10. The van der Waals surface area contributed by atoms with Crippen LogP contribution in [-0.4, -0.2) is 37.7 Å². The van der Waals surface area contributed by atoms with E-state index in [2.05, 4.69) is 5.32 Å². The summed E-state index contributed by atoms with van der Waals surface area (Å²) in [5.74, 6) is -0.540. The van der Waals surface area contributed by atoms with Crippen LogP contribution in [-0.2, 0) is 19.1 Å². The fourth-order valence-electron chi connectivity index (χ4n) is 1.90. The van der Waals surface area contributed by atoms with E-state index < -0.39 is 6.04 Å². The lowest BCUT2D eigenvalue weighted by Gasteiger charge is -2.21. The molecule has 4 atom stereocenters.